The van der Waals surface area contributed by atoms with Crippen molar-refractivity contribution >= 4 is 91.0 Å². The van der Waals surface area contributed by atoms with Gasteiger partial charge in [-0.15, -0.1) is 0 Å². The average Bonchev–Trinajstić information content (AvgIpc) is 3.52. The average molecular weight is 1090 g/mol. The summed E-state index contributed by atoms with van der Waals surface area (Å²) in [5.74, 6) is -0.0272. The minimum absolute atomic E-state index is 0.0425. The molecule has 0 fully saturated rings. The van der Waals surface area contributed by atoms with E-state index in [0.717, 1.165) is 21.5 Å². The SMILES string of the molecule is CC(=O)c1ccc(NC(=O)CC(=O)c2ccc(C(C)=O)cc2)cc1.CC(=O)c1ccc(NC(=O)c2ccc(C(=O)c3ccc(C(C)=O)cc3)cc2)cc1.CC(=O)c1ccc2cc(OCOc3ccc4cc(C(C)=O)ccc4c3)ccc2c1. The molecule has 0 aliphatic heterocycles. The fourth-order valence-corrected chi connectivity index (χ4v) is 8.15. The van der Waals surface area contributed by atoms with Gasteiger partial charge in [-0.2, -0.15) is 0 Å². The number of rotatable bonds is 18. The quantitative estimate of drug-likeness (QED) is 0.0466. The minimum atomic E-state index is -0.439. The Bertz CT molecular complexity index is 3820. The van der Waals surface area contributed by atoms with Gasteiger partial charge < -0.3 is 20.1 Å². The summed E-state index contributed by atoms with van der Waals surface area (Å²) >= 11 is 0. The molecule has 14 nitrogen and oxygen atoms in total. The molecule has 0 atom stereocenters. The molecule has 82 heavy (non-hydrogen) atoms. The number of carbonyl (C=O) groups is 10. The fourth-order valence-electron chi connectivity index (χ4n) is 8.15. The Balaban J connectivity index is 0.000000178. The van der Waals surface area contributed by atoms with Crippen LogP contribution in [0.15, 0.2) is 194 Å². The van der Waals surface area contributed by atoms with Crippen LogP contribution in [0.1, 0.15) is 147 Å². The van der Waals surface area contributed by atoms with Crippen molar-refractivity contribution < 1.29 is 57.4 Å². The number of ketones is 8. The van der Waals surface area contributed by atoms with Gasteiger partial charge in [-0.3, -0.25) is 47.9 Å². The summed E-state index contributed by atoms with van der Waals surface area (Å²) in [5.41, 5.74) is 6.37. The zero-order chi connectivity index (χ0) is 59.0. The van der Waals surface area contributed by atoms with Gasteiger partial charge in [-0.1, -0.05) is 97.1 Å². The molecule has 0 radical (unpaired) electrons. The number of fused-ring (bicyclic) bond motifs is 2. The smallest absolute Gasteiger partial charge is 0.255 e. The number of hydrogen-bond acceptors (Lipinski definition) is 12. The second kappa shape index (κ2) is 27.3. The van der Waals surface area contributed by atoms with Crippen LogP contribution in [0.4, 0.5) is 11.4 Å². The second-order valence-electron chi connectivity index (χ2n) is 19.0. The van der Waals surface area contributed by atoms with Crippen LogP contribution in [0, 0.1) is 0 Å². The molecule has 2 amide bonds. The van der Waals surface area contributed by atoms with Gasteiger partial charge in [0.25, 0.3) is 5.91 Å². The number of ether oxygens (including phenoxy) is 2. The molecule has 0 bridgehead atoms. The number of nitrogens with one attached hydrogen (secondary N) is 2. The topological polar surface area (TPSA) is 213 Å². The van der Waals surface area contributed by atoms with Crippen molar-refractivity contribution in [3.05, 3.63) is 250 Å². The van der Waals surface area contributed by atoms with Crippen LogP contribution in [0.3, 0.4) is 0 Å². The standard InChI is InChI=1S/C25H20O4.C24H19NO4.C19H17NO4/c1-16(26)18-3-5-22-13-24(9-7-20(22)11-18)28-15-29-25-10-8-21-12-19(17(2)27)4-6-23(21)14-25;1-15(26)17-3-5-19(6-4-17)23(28)20-7-9-21(10-8-20)24(29)25-22-13-11-18(12-14-22)16(2)27;1-12(21)14-3-5-16(6-4-14)18(23)11-19(24)20-17-9-7-15(8-10-17)13(2)22/h3-14H,15H2,1-2H3;3-14H,1-2H3,(H,25,29);3-10H,11H2,1-2H3,(H,20,24). The summed E-state index contributed by atoms with van der Waals surface area (Å²) in [4.78, 5) is 117. The molecule has 0 aliphatic carbocycles. The molecule has 410 valence electrons. The molecule has 0 unspecified atom stereocenters. The van der Waals surface area contributed by atoms with Gasteiger partial charge in [0.1, 0.15) is 11.5 Å². The first-order chi connectivity index (χ1) is 39.2. The number of carbonyl (C=O) groups excluding carboxylic acids is 10. The molecular formula is C68H56N2O12. The molecule has 0 saturated heterocycles. The Morgan fingerprint density at radius 1 is 0.305 bits per heavy atom. The minimum Gasteiger partial charge on any atom is -0.457 e. The highest BCUT2D eigenvalue weighted by atomic mass is 16.7. The first-order valence-corrected chi connectivity index (χ1v) is 25.8. The van der Waals surface area contributed by atoms with Crippen LogP contribution < -0.4 is 20.1 Å². The number of anilines is 2. The van der Waals surface area contributed by atoms with Crippen molar-refractivity contribution in [2.75, 3.05) is 17.4 Å². The van der Waals surface area contributed by atoms with Crippen LogP contribution in [-0.4, -0.2) is 64.9 Å². The molecular weight excluding hydrogens is 1040 g/mol. The Kier molecular flexibility index (Phi) is 19.7. The van der Waals surface area contributed by atoms with Gasteiger partial charge in [-0.05, 0) is 160 Å². The Morgan fingerprint density at radius 2 is 0.598 bits per heavy atom. The van der Waals surface area contributed by atoms with Crippen LogP contribution in [0.5, 0.6) is 11.5 Å². The second-order valence-corrected chi connectivity index (χ2v) is 19.0. The van der Waals surface area contributed by atoms with Gasteiger partial charge in [0.2, 0.25) is 12.7 Å². The number of benzene rings is 9. The largest absolute Gasteiger partial charge is 0.457 e. The molecule has 0 aliphatic rings. The normalized spacial score (nSPS) is 10.4. The van der Waals surface area contributed by atoms with Crippen LogP contribution in [0.25, 0.3) is 21.5 Å². The maximum absolute atomic E-state index is 12.6. The van der Waals surface area contributed by atoms with Crippen molar-refractivity contribution in [2.24, 2.45) is 0 Å². The van der Waals surface area contributed by atoms with Gasteiger partial charge in [0.15, 0.2) is 46.3 Å². The summed E-state index contributed by atoms with van der Waals surface area (Å²) in [5, 5.41) is 9.35. The molecule has 0 saturated carbocycles. The van der Waals surface area contributed by atoms with E-state index in [0.29, 0.717) is 78.5 Å². The van der Waals surface area contributed by atoms with E-state index >= 15 is 0 Å². The lowest BCUT2D eigenvalue weighted by Crippen LogP contribution is -2.16. The summed E-state index contributed by atoms with van der Waals surface area (Å²) in [6.45, 7) is 9.06. The molecule has 9 aromatic rings. The van der Waals surface area contributed by atoms with Crippen LogP contribution in [-0.2, 0) is 4.79 Å². The number of Topliss-reactive ketones (excluding diaryl/α,β-unsaturated/α-hetero) is 7. The van der Waals surface area contributed by atoms with E-state index in [1.54, 1.807) is 123 Å². The molecule has 0 aromatic heterocycles. The highest BCUT2D eigenvalue weighted by molar-refractivity contribution is 6.12. The molecule has 0 spiro atoms. The van der Waals surface area contributed by atoms with E-state index < -0.39 is 5.91 Å². The molecule has 2 N–H and O–H groups in total. The third-order valence-corrected chi connectivity index (χ3v) is 12.9. The lowest BCUT2D eigenvalue weighted by Gasteiger charge is -2.10. The van der Waals surface area contributed by atoms with Gasteiger partial charge in [-0.25, -0.2) is 0 Å². The molecule has 14 heteroatoms. The van der Waals surface area contributed by atoms with Gasteiger partial charge in [0, 0.05) is 67.0 Å². The zero-order valence-corrected chi connectivity index (χ0v) is 45.8. The van der Waals surface area contributed by atoms with Crippen molar-refractivity contribution in [3.8, 4) is 11.5 Å². The van der Waals surface area contributed by atoms with Gasteiger partial charge >= 0.3 is 0 Å². The predicted molar refractivity (Wildman–Crippen MR) is 315 cm³/mol. The molecule has 9 aromatic carbocycles. The third kappa shape index (κ3) is 16.2. The maximum Gasteiger partial charge on any atom is 0.255 e. The Labute approximate surface area is 473 Å². The van der Waals surface area contributed by atoms with Gasteiger partial charge in [0.05, 0.1) is 6.42 Å². The lowest BCUT2D eigenvalue weighted by molar-refractivity contribution is -0.115. The highest BCUT2D eigenvalue weighted by Gasteiger charge is 2.15. The van der Waals surface area contributed by atoms with Crippen LogP contribution >= 0.6 is 0 Å². The number of hydrogen-bond donors (Lipinski definition) is 2. The zero-order valence-electron chi connectivity index (χ0n) is 45.8. The van der Waals surface area contributed by atoms with Crippen molar-refractivity contribution in [3.63, 3.8) is 0 Å². The summed E-state index contributed by atoms with van der Waals surface area (Å²) < 4.78 is 11.4. The maximum atomic E-state index is 12.6. The van der Waals surface area contributed by atoms with E-state index in [9.17, 15) is 47.9 Å². The van der Waals surface area contributed by atoms with E-state index in [4.69, 9.17) is 9.47 Å². The molecule has 9 rings (SSSR count). The first-order valence-electron chi connectivity index (χ1n) is 25.8. The van der Waals surface area contributed by atoms with Crippen molar-refractivity contribution in [1.82, 2.24) is 0 Å². The van der Waals surface area contributed by atoms with E-state index in [1.165, 1.54) is 39.8 Å². The van der Waals surface area contributed by atoms with E-state index in [1.807, 2.05) is 72.8 Å². The van der Waals surface area contributed by atoms with E-state index in [-0.39, 0.29) is 65.4 Å². The Hall–Kier alpha value is -10.6. The lowest BCUT2D eigenvalue weighted by atomic mass is 10.00. The monoisotopic (exact) mass is 1090 g/mol. The fraction of sp³-hybridized carbons (Fsp3) is 0.118. The Morgan fingerprint density at radius 3 is 0.976 bits per heavy atom. The summed E-state index contributed by atoms with van der Waals surface area (Å²) in [7, 11) is 0. The number of amides is 2. The van der Waals surface area contributed by atoms with E-state index in [2.05, 4.69) is 10.6 Å². The van der Waals surface area contributed by atoms with Crippen molar-refractivity contribution in [2.45, 2.75) is 48.0 Å². The van der Waals surface area contributed by atoms with Crippen molar-refractivity contribution in [1.29, 1.82) is 0 Å². The first kappa shape index (κ1) is 59.1. The summed E-state index contributed by atoms with van der Waals surface area (Å²) in [6, 6.07) is 54.7. The third-order valence-electron chi connectivity index (χ3n) is 12.9. The van der Waals surface area contributed by atoms with Crippen LogP contribution in [0.2, 0.25) is 0 Å². The molecule has 0 heterocycles. The summed E-state index contributed by atoms with van der Waals surface area (Å²) in [6.07, 6.45) is -0.298. The predicted octanol–water partition coefficient (Wildman–Crippen LogP) is 13.7. The highest BCUT2D eigenvalue weighted by Crippen LogP contribution is 2.25.